The fourth-order valence-corrected chi connectivity index (χ4v) is 2.43. The highest BCUT2D eigenvalue weighted by molar-refractivity contribution is 14.1. The lowest BCUT2D eigenvalue weighted by atomic mass is 10.1. The summed E-state index contributed by atoms with van der Waals surface area (Å²) in [7, 11) is 0. The molecule has 1 aromatic carbocycles. The van der Waals surface area contributed by atoms with E-state index in [-0.39, 0.29) is 6.10 Å². The smallest absolute Gasteiger partial charge is 0.133 e. The molecule has 0 aliphatic heterocycles. The maximum absolute atomic E-state index is 6.00. The minimum Gasteiger partial charge on any atom is -0.485 e. The number of rotatable bonds is 2. The van der Waals surface area contributed by atoms with Crippen LogP contribution >= 0.6 is 34.2 Å². The summed E-state index contributed by atoms with van der Waals surface area (Å²) < 4.78 is 7.03. The van der Waals surface area contributed by atoms with E-state index in [1.54, 1.807) is 0 Å². The van der Waals surface area contributed by atoms with Crippen LogP contribution in [0.2, 0.25) is 0 Å². The van der Waals surface area contributed by atoms with Crippen LogP contribution in [0.25, 0.3) is 0 Å². The zero-order chi connectivity index (χ0) is 10.7. The molecule has 0 amide bonds. The van der Waals surface area contributed by atoms with Gasteiger partial charge in [-0.3, -0.25) is 0 Å². The minimum atomic E-state index is 0.141. The van der Waals surface area contributed by atoms with Crippen molar-refractivity contribution >= 4 is 34.2 Å². The molecule has 1 atom stereocenters. The highest BCUT2D eigenvalue weighted by atomic mass is 127. The van der Waals surface area contributed by atoms with Crippen LogP contribution in [0.1, 0.15) is 19.3 Å². The topological polar surface area (TPSA) is 9.23 Å². The molecule has 1 nitrogen and oxygen atoms in total. The number of hydrogen-bond acceptors (Lipinski definition) is 1. The molecule has 0 saturated carbocycles. The van der Waals surface area contributed by atoms with Crippen LogP contribution < -0.4 is 4.74 Å². The van der Waals surface area contributed by atoms with Crippen LogP contribution in [0, 0.1) is 3.57 Å². The predicted molar refractivity (Wildman–Crippen MR) is 71.4 cm³/mol. The molecular formula is C12H12ClIO. The Morgan fingerprint density at radius 1 is 1.33 bits per heavy atom. The molecule has 1 aliphatic rings. The molecule has 15 heavy (non-hydrogen) atoms. The van der Waals surface area contributed by atoms with Crippen LogP contribution in [0.3, 0.4) is 0 Å². The number of hydrogen-bond donors (Lipinski definition) is 0. The molecule has 80 valence electrons. The van der Waals surface area contributed by atoms with Gasteiger partial charge >= 0.3 is 0 Å². The molecule has 0 fully saturated rings. The summed E-state index contributed by atoms with van der Waals surface area (Å²) in [4.78, 5) is 0. The summed E-state index contributed by atoms with van der Waals surface area (Å²) in [5, 5.41) is 0.928. The molecule has 3 heteroatoms. The van der Waals surface area contributed by atoms with Crippen LogP contribution in [-0.2, 0) is 0 Å². The lowest BCUT2D eigenvalue weighted by Crippen LogP contribution is -2.17. The van der Waals surface area contributed by atoms with E-state index >= 15 is 0 Å². The molecule has 0 aromatic heterocycles. The van der Waals surface area contributed by atoms with E-state index in [9.17, 15) is 0 Å². The fourth-order valence-electron chi connectivity index (χ4n) is 1.64. The Labute approximate surface area is 109 Å². The molecule has 1 aromatic rings. The van der Waals surface area contributed by atoms with Gasteiger partial charge in [0.05, 0.1) is 3.57 Å². The Morgan fingerprint density at radius 3 is 2.87 bits per heavy atom. The van der Waals surface area contributed by atoms with Crippen LogP contribution in [-0.4, -0.2) is 6.10 Å². The lowest BCUT2D eigenvalue weighted by molar-refractivity contribution is 0.227. The highest BCUT2D eigenvalue weighted by Crippen LogP contribution is 2.27. The van der Waals surface area contributed by atoms with Gasteiger partial charge in [-0.15, -0.1) is 0 Å². The molecule has 0 bridgehead atoms. The average Bonchev–Trinajstić information content (AvgIpc) is 2.22. The van der Waals surface area contributed by atoms with Crippen molar-refractivity contribution in [2.24, 2.45) is 0 Å². The molecule has 0 heterocycles. The first-order chi connectivity index (χ1) is 7.25. The standard InChI is InChI=1S/C12H12ClIO/c13-9-4-3-5-10(8-9)15-12-7-2-1-6-11(12)14/h1-2,6-8,10H,3-5H2/t10-/m0/s1. The first-order valence-corrected chi connectivity index (χ1v) is 6.49. The minimum absolute atomic E-state index is 0.141. The van der Waals surface area contributed by atoms with Crippen molar-refractivity contribution in [3.05, 3.63) is 38.9 Å². The number of para-hydroxylation sites is 1. The second-order valence-electron chi connectivity index (χ2n) is 3.59. The van der Waals surface area contributed by atoms with Gasteiger partial charge in [0, 0.05) is 5.03 Å². The van der Waals surface area contributed by atoms with Crippen molar-refractivity contribution in [1.82, 2.24) is 0 Å². The van der Waals surface area contributed by atoms with Crippen LogP contribution in [0.4, 0.5) is 0 Å². The normalized spacial score (nSPS) is 20.9. The van der Waals surface area contributed by atoms with E-state index in [2.05, 4.69) is 22.6 Å². The number of ether oxygens (including phenoxy) is 1. The number of benzene rings is 1. The number of allylic oxidation sites excluding steroid dienone is 1. The van der Waals surface area contributed by atoms with E-state index in [1.807, 2.05) is 30.3 Å². The molecule has 0 saturated heterocycles. The van der Waals surface area contributed by atoms with E-state index in [0.29, 0.717) is 0 Å². The summed E-state index contributed by atoms with van der Waals surface area (Å²) in [6.07, 6.45) is 5.33. The zero-order valence-electron chi connectivity index (χ0n) is 8.25. The van der Waals surface area contributed by atoms with Gasteiger partial charge in [-0.05, 0) is 60.1 Å². The summed E-state index contributed by atoms with van der Waals surface area (Å²) >= 11 is 8.28. The van der Waals surface area contributed by atoms with Gasteiger partial charge < -0.3 is 4.74 Å². The first-order valence-electron chi connectivity index (χ1n) is 5.03. The van der Waals surface area contributed by atoms with Gasteiger partial charge in [-0.1, -0.05) is 23.7 Å². The SMILES string of the molecule is ClC1=C[C@@H](Oc2ccccc2I)CCC1. The highest BCUT2D eigenvalue weighted by Gasteiger charge is 2.14. The summed E-state index contributed by atoms with van der Waals surface area (Å²) in [6.45, 7) is 0. The average molecular weight is 335 g/mol. The zero-order valence-corrected chi connectivity index (χ0v) is 11.2. The van der Waals surface area contributed by atoms with Crippen LogP contribution in [0.5, 0.6) is 5.75 Å². The number of halogens is 2. The second-order valence-corrected chi connectivity index (χ2v) is 5.24. The Balaban J connectivity index is 2.09. The second kappa shape index (κ2) is 5.21. The van der Waals surface area contributed by atoms with Crippen molar-refractivity contribution in [2.75, 3.05) is 0 Å². The van der Waals surface area contributed by atoms with Gasteiger partial charge in [-0.2, -0.15) is 0 Å². The molecule has 2 rings (SSSR count). The Morgan fingerprint density at radius 2 is 2.13 bits per heavy atom. The summed E-state index contributed by atoms with van der Waals surface area (Å²) in [5.41, 5.74) is 0. The summed E-state index contributed by atoms with van der Waals surface area (Å²) in [6, 6.07) is 8.05. The van der Waals surface area contributed by atoms with Gasteiger partial charge in [0.15, 0.2) is 0 Å². The van der Waals surface area contributed by atoms with E-state index in [1.165, 1.54) is 0 Å². The molecule has 0 unspecified atom stereocenters. The van der Waals surface area contributed by atoms with Gasteiger partial charge in [0.2, 0.25) is 0 Å². The van der Waals surface area contributed by atoms with Crippen molar-refractivity contribution in [3.8, 4) is 5.75 Å². The van der Waals surface area contributed by atoms with Gasteiger partial charge in [0.25, 0.3) is 0 Å². The Hall–Kier alpha value is -0.220. The van der Waals surface area contributed by atoms with Crippen LogP contribution in [0.15, 0.2) is 35.4 Å². The summed E-state index contributed by atoms with van der Waals surface area (Å²) in [5.74, 6) is 0.950. The fraction of sp³-hybridized carbons (Fsp3) is 0.333. The van der Waals surface area contributed by atoms with Crippen molar-refractivity contribution in [3.63, 3.8) is 0 Å². The monoisotopic (exact) mass is 334 g/mol. The lowest BCUT2D eigenvalue weighted by Gasteiger charge is -2.20. The van der Waals surface area contributed by atoms with E-state index in [0.717, 1.165) is 33.6 Å². The maximum Gasteiger partial charge on any atom is 0.133 e. The Bertz CT molecular complexity index is 376. The quantitative estimate of drug-likeness (QED) is 0.731. The maximum atomic E-state index is 6.00. The van der Waals surface area contributed by atoms with E-state index in [4.69, 9.17) is 16.3 Å². The van der Waals surface area contributed by atoms with Gasteiger partial charge in [0.1, 0.15) is 11.9 Å². The third-order valence-corrected chi connectivity index (χ3v) is 3.59. The predicted octanol–water partition coefficient (Wildman–Crippen LogP) is 4.35. The molecule has 0 N–H and O–H groups in total. The van der Waals surface area contributed by atoms with Crippen molar-refractivity contribution < 1.29 is 4.74 Å². The molecular weight excluding hydrogens is 322 g/mol. The third-order valence-electron chi connectivity index (χ3n) is 2.39. The van der Waals surface area contributed by atoms with Crippen molar-refractivity contribution in [1.29, 1.82) is 0 Å². The Kier molecular flexibility index (Phi) is 3.92. The third kappa shape index (κ3) is 3.11. The van der Waals surface area contributed by atoms with Crippen molar-refractivity contribution in [2.45, 2.75) is 25.4 Å². The van der Waals surface area contributed by atoms with E-state index < -0.39 is 0 Å². The molecule has 1 aliphatic carbocycles. The largest absolute Gasteiger partial charge is 0.485 e. The molecule has 0 spiro atoms. The molecule has 0 radical (unpaired) electrons. The van der Waals surface area contributed by atoms with Gasteiger partial charge in [-0.25, -0.2) is 0 Å². The first kappa shape index (κ1) is 11.3.